The highest BCUT2D eigenvalue weighted by Crippen LogP contribution is 2.30. The first kappa shape index (κ1) is 13.6. The maximum absolute atomic E-state index is 11.1. The number of pyridine rings is 1. The Kier molecular flexibility index (Phi) is 4.15. The third-order valence-electron chi connectivity index (χ3n) is 3.79. The Morgan fingerprint density at radius 2 is 2.00 bits per heavy atom. The standard InChI is InChI=1S/C17H18N2O2/c20-13-19-11-5-4-8-16(19)14-9-10-17(18-12-14)21-15-6-2-1-3-7-15/h1-3,6-7,9-10,12-13,16H,4-5,8,11H2/t16-/m1/s1. The molecular formula is C17H18N2O2. The average molecular weight is 282 g/mol. The van der Waals surface area contributed by atoms with E-state index in [0.29, 0.717) is 5.88 Å². The third kappa shape index (κ3) is 3.21. The number of hydrogen-bond donors (Lipinski definition) is 0. The van der Waals surface area contributed by atoms with Crippen LogP contribution in [-0.4, -0.2) is 22.8 Å². The monoisotopic (exact) mass is 282 g/mol. The summed E-state index contributed by atoms with van der Waals surface area (Å²) in [6, 6.07) is 13.6. The Labute approximate surface area is 124 Å². The maximum Gasteiger partial charge on any atom is 0.219 e. The molecule has 4 heteroatoms. The van der Waals surface area contributed by atoms with Crippen molar-refractivity contribution in [2.24, 2.45) is 0 Å². The summed E-state index contributed by atoms with van der Waals surface area (Å²) in [6.45, 7) is 0.830. The van der Waals surface area contributed by atoms with Crippen molar-refractivity contribution in [3.8, 4) is 11.6 Å². The lowest BCUT2D eigenvalue weighted by molar-refractivity contribution is -0.121. The summed E-state index contributed by atoms with van der Waals surface area (Å²) in [5.41, 5.74) is 1.07. The summed E-state index contributed by atoms with van der Waals surface area (Å²) in [6.07, 6.45) is 5.98. The summed E-state index contributed by atoms with van der Waals surface area (Å²) in [7, 11) is 0. The topological polar surface area (TPSA) is 42.4 Å². The van der Waals surface area contributed by atoms with Crippen LogP contribution in [-0.2, 0) is 4.79 Å². The van der Waals surface area contributed by atoms with E-state index in [0.717, 1.165) is 43.5 Å². The second kappa shape index (κ2) is 6.39. The minimum Gasteiger partial charge on any atom is -0.439 e. The van der Waals surface area contributed by atoms with Crippen molar-refractivity contribution in [2.75, 3.05) is 6.54 Å². The van der Waals surface area contributed by atoms with Crippen LogP contribution in [0.5, 0.6) is 11.6 Å². The number of nitrogens with zero attached hydrogens (tertiary/aromatic N) is 2. The molecule has 1 amide bonds. The molecule has 3 rings (SSSR count). The minimum absolute atomic E-state index is 0.148. The maximum atomic E-state index is 11.1. The normalized spacial score (nSPS) is 18.3. The molecule has 1 saturated heterocycles. The van der Waals surface area contributed by atoms with E-state index in [2.05, 4.69) is 4.98 Å². The second-order valence-corrected chi connectivity index (χ2v) is 5.20. The number of benzene rings is 1. The molecule has 0 spiro atoms. The summed E-state index contributed by atoms with van der Waals surface area (Å²) in [4.78, 5) is 17.3. The van der Waals surface area contributed by atoms with Gasteiger partial charge in [0.15, 0.2) is 0 Å². The van der Waals surface area contributed by atoms with Gasteiger partial charge in [-0.05, 0) is 37.0 Å². The van der Waals surface area contributed by atoms with Gasteiger partial charge in [0.2, 0.25) is 12.3 Å². The summed E-state index contributed by atoms with van der Waals surface area (Å²) in [5, 5.41) is 0. The highest BCUT2D eigenvalue weighted by Gasteiger charge is 2.22. The quantitative estimate of drug-likeness (QED) is 0.805. The molecule has 0 radical (unpaired) electrons. The predicted octanol–water partition coefficient (Wildman–Crippen LogP) is 3.56. The number of carbonyl (C=O) groups excluding carboxylic acids is 1. The van der Waals surface area contributed by atoms with E-state index in [-0.39, 0.29) is 6.04 Å². The molecule has 1 aliphatic rings. The zero-order valence-corrected chi connectivity index (χ0v) is 11.8. The van der Waals surface area contributed by atoms with Gasteiger partial charge in [-0.2, -0.15) is 0 Å². The van der Waals surface area contributed by atoms with Crippen molar-refractivity contribution in [3.63, 3.8) is 0 Å². The van der Waals surface area contributed by atoms with Gasteiger partial charge in [-0.3, -0.25) is 4.79 Å². The fraction of sp³-hybridized carbons (Fsp3) is 0.294. The zero-order chi connectivity index (χ0) is 14.5. The first-order valence-corrected chi connectivity index (χ1v) is 7.27. The van der Waals surface area contributed by atoms with Crippen molar-refractivity contribution in [1.82, 2.24) is 9.88 Å². The molecule has 108 valence electrons. The molecule has 1 atom stereocenters. The van der Waals surface area contributed by atoms with Crippen molar-refractivity contribution in [3.05, 3.63) is 54.2 Å². The van der Waals surface area contributed by atoms with Gasteiger partial charge in [-0.15, -0.1) is 0 Å². The van der Waals surface area contributed by atoms with Gasteiger partial charge in [0.1, 0.15) is 5.75 Å². The van der Waals surface area contributed by atoms with Crippen molar-refractivity contribution in [2.45, 2.75) is 25.3 Å². The average Bonchev–Trinajstić information content (AvgIpc) is 2.56. The van der Waals surface area contributed by atoms with Crippen LogP contribution < -0.4 is 4.74 Å². The van der Waals surface area contributed by atoms with Crippen LogP contribution in [0.2, 0.25) is 0 Å². The number of hydrogen-bond acceptors (Lipinski definition) is 3. The summed E-state index contributed by atoms with van der Waals surface area (Å²) >= 11 is 0. The van der Waals surface area contributed by atoms with Crippen LogP contribution in [0.1, 0.15) is 30.9 Å². The van der Waals surface area contributed by atoms with Crippen LogP contribution in [0.25, 0.3) is 0 Å². The lowest BCUT2D eigenvalue weighted by Gasteiger charge is -2.32. The van der Waals surface area contributed by atoms with Crippen LogP contribution in [0.15, 0.2) is 48.7 Å². The number of aromatic nitrogens is 1. The highest BCUT2D eigenvalue weighted by molar-refractivity contribution is 5.49. The van der Waals surface area contributed by atoms with E-state index < -0.39 is 0 Å². The van der Waals surface area contributed by atoms with Crippen molar-refractivity contribution in [1.29, 1.82) is 0 Å². The molecule has 1 aromatic heterocycles. The molecule has 2 aromatic rings. The number of piperidine rings is 1. The SMILES string of the molecule is O=CN1CCCC[C@@H]1c1ccc(Oc2ccccc2)nc1. The van der Waals surface area contributed by atoms with Crippen LogP contribution in [0.3, 0.4) is 0 Å². The second-order valence-electron chi connectivity index (χ2n) is 5.20. The van der Waals surface area contributed by atoms with E-state index in [1.807, 2.05) is 53.6 Å². The van der Waals surface area contributed by atoms with Gasteiger partial charge in [-0.1, -0.05) is 24.3 Å². The summed E-state index contributed by atoms with van der Waals surface area (Å²) in [5.74, 6) is 1.34. The summed E-state index contributed by atoms with van der Waals surface area (Å²) < 4.78 is 5.68. The lowest BCUT2D eigenvalue weighted by atomic mass is 9.97. The molecule has 4 nitrogen and oxygen atoms in total. The Morgan fingerprint density at radius 3 is 2.71 bits per heavy atom. The predicted molar refractivity (Wildman–Crippen MR) is 80.1 cm³/mol. The van der Waals surface area contributed by atoms with E-state index in [9.17, 15) is 4.79 Å². The van der Waals surface area contributed by atoms with E-state index in [1.54, 1.807) is 0 Å². The van der Waals surface area contributed by atoms with Gasteiger partial charge in [-0.25, -0.2) is 4.98 Å². The molecule has 21 heavy (non-hydrogen) atoms. The number of rotatable bonds is 4. The Balaban J connectivity index is 1.73. The number of carbonyl (C=O) groups is 1. The number of para-hydroxylation sites is 1. The molecule has 0 bridgehead atoms. The number of ether oxygens (including phenoxy) is 1. The molecule has 0 saturated carbocycles. The molecule has 0 unspecified atom stereocenters. The van der Waals surface area contributed by atoms with Gasteiger partial charge < -0.3 is 9.64 Å². The molecule has 2 heterocycles. The van der Waals surface area contributed by atoms with Gasteiger partial charge in [0, 0.05) is 18.8 Å². The lowest BCUT2D eigenvalue weighted by Crippen LogP contribution is -2.32. The fourth-order valence-corrected chi connectivity index (χ4v) is 2.70. The fourth-order valence-electron chi connectivity index (χ4n) is 2.70. The van der Waals surface area contributed by atoms with Crippen LogP contribution >= 0.6 is 0 Å². The largest absolute Gasteiger partial charge is 0.439 e. The minimum atomic E-state index is 0.148. The van der Waals surface area contributed by atoms with Gasteiger partial charge >= 0.3 is 0 Å². The van der Waals surface area contributed by atoms with Gasteiger partial charge in [0.05, 0.1) is 6.04 Å². The first-order chi connectivity index (χ1) is 10.4. The molecular weight excluding hydrogens is 264 g/mol. The molecule has 1 aromatic carbocycles. The highest BCUT2D eigenvalue weighted by atomic mass is 16.5. The number of amides is 1. The van der Waals surface area contributed by atoms with Gasteiger partial charge in [0.25, 0.3) is 0 Å². The van der Waals surface area contributed by atoms with Crippen molar-refractivity contribution < 1.29 is 9.53 Å². The van der Waals surface area contributed by atoms with Crippen LogP contribution in [0.4, 0.5) is 0 Å². The number of likely N-dealkylation sites (tertiary alicyclic amines) is 1. The Bertz CT molecular complexity index is 583. The molecule has 0 aliphatic carbocycles. The molecule has 0 N–H and O–H groups in total. The first-order valence-electron chi connectivity index (χ1n) is 7.27. The zero-order valence-electron chi connectivity index (χ0n) is 11.8. The van der Waals surface area contributed by atoms with Crippen molar-refractivity contribution >= 4 is 6.41 Å². The molecule has 1 fully saturated rings. The Hall–Kier alpha value is -2.36. The third-order valence-corrected chi connectivity index (χ3v) is 3.79. The van der Waals surface area contributed by atoms with E-state index >= 15 is 0 Å². The van der Waals surface area contributed by atoms with Crippen LogP contribution in [0, 0.1) is 0 Å². The smallest absolute Gasteiger partial charge is 0.219 e. The molecule has 1 aliphatic heterocycles. The van der Waals surface area contributed by atoms with E-state index in [1.165, 1.54) is 0 Å². The Morgan fingerprint density at radius 1 is 1.14 bits per heavy atom. The van der Waals surface area contributed by atoms with E-state index in [4.69, 9.17) is 4.74 Å².